The van der Waals surface area contributed by atoms with E-state index in [1.54, 1.807) is 26.1 Å². The van der Waals surface area contributed by atoms with Crippen LogP contribution in [-0.4, -0.2) is 29.5 Å². The Balaban J connectivity index is 0.00000261. The monoisotopic (exact) mass is 481 g/mol. The van der Waals surface area contributed by atoms with E-state index in [9.17, 15) is 4.39 Å². The highest BCUT2D eigenvalue weighted by atomic mass is 127. The van der Waals surface area contributed by atoms with Gasteiger partial charge in [-0.2, -0.15) is 0 Å². The number of halogens is 2. The fourth-order valence-electron chi connectivity index (χ4n) is 2.78. The minimum atomic E-state index is -0.191. The lowest BCUT2D eigenvalue weighted by Gasteiger charge is -2.18. The number of aromatic nitrogens is 2. The summed E-state index contributed by atoms with van der Waals surface area (Å²) in [6.07, 6.45) is 0.753. The van der Waals surface area contributed by atoms with Gasteiger partial charge >= 0.3 is 0 Å². The number of aliphatic imine (C=N–C) groups is 1. The van der Waals surface area contributed by atoms with E-state index in [1.807, 2.05) is 37.3 Å². The summed E-state index contributed by atoms with van der Waals surface area (Å²) in [6.45, 7) is 4.43. The quantitative estimate of drug-likeness (QED) is 0.292. The summed E-state index contributed by atoms with van der Waals surface area (Å²) >= 11 is 0. The van der Waals surface area contributed by atoms with E-state index in [0.29, 0.717) is 18.1 Å². The van der Waals surface area contributed by atoms with Gasteiger partial charge in [0, 0.05) is 20.0 Å². The van der Waals surface area contributed by atoms with Gasteiger partial charge in [0.05, 0.1) is 17.1 Å². The predicted molar refractivity (Wildman–Crippen MR) is 119 cm³/mol. The maximum Gasteiger partial charge on any atom is 0.191 e. The molecule has 0 amide bonds. The van der Waals surface area contributed by atoms with Crippen LogP contribution in [0.2, 0.25) is 0 Å². The summed E-state index contributed by atoms with van der Waals surface area (Å²) < 4.78 is 13.8. The number of H-pyrrole nitrogens is 1. The van der Waals surface area contributed by atoms with E-state index in [-0.39, 0.29) is 35.8 Å². The average molecular weight is 481 g/mol. The standard InChI is InChI=1S/C20H24FN5.HI/c1-13-8-9-15(12-16(13)21)14(2)24-20(22-3)23-11-10-19-25-17-6-4-5-7-18(17)26-19;/h4-9,12,14H,10-11H2,1-3H3,(H,25,26)(H2,22,23,24);1H. The van der Waals surface area contributed by atoms with Crippen LogP contribution in [-0.2, 0) is 6.42 Å². The minimum absolute atomic E-state index is 0. The molecule has 3 rings (SSSR count). The summed E-state index contributed by atoms with van der Waals surface area (Å²) in [5.74, 6) is 1.42. The Kier molecular flexibility index (Phi) is 7.58. The second-order valence-corrected chi connectivity index (χ2v) is 6.32. The molecule has 3 aromatic rings. The van der Waals surface area contributed by atoms with Gasteiger partial charge in [-0.3, -0.25) is 4.99 Å². The maximum atomic E-state index is 13.8. The molecule has 0 aliphatic rings. The van der Waals surface area contributed by atoms with Gasteiger partial charge < -0.3 is 15.6 Å². The zero-order valence-corrected chi connectivity index (χ0v) is 18.0. The number of aryl methyl sites for hydroxylation is 1. The van der Waals surface area contributed by atoms with Crippen molar-refractivity contribution in [2.24, 2.45) is 4.99 Å². The first-order valence-corrected chi connectivity index (χ1v) is 8.73. The van der Waals surface area contributed by atoms with Gasteiger partial charge in [-0.05, 0) is 43.2 Å². The molecule has 0 aliphatic carbocycles. The number of hydrogen-bond donors (Lipinski definition) is 3. The molecule has 144 valence electrons. The van der Waals surface area contributed by atoms with Crippen molar-refractivity contribution < 1.29 is 4.39 Å². The molecule has 2 aromatic carbocycles. The van der Waals surface area contributed by atoms with E-state index >= 15 is 0 Å². The summed E-state index contributed by atoms with van der Waals surface area (Å²) in [6, 6.07) is 13.2. The highest BCUT2D eigenvalue weighted by Gasteiger charge is 2.10. The molecule has 27 heavy (non-hydrogen) atoms. The molecule has 1 unspecified atom stereocenters. The summed E-state index contributed by atoms with van der Waals surface area (Å²) in [4.78, 5) is 12.1. The van der Waals surface area contributed by atoms with Crippen molar-refractivity contribution >= 4 is 41.0 Å². The molecule has 0 radical (unpaired) electrons. The molecule has 1 aromatic heterocycles. The van der Waals surface area contributed by atoms with Crippen LogP contribution in [0, 0.1) is 12.7 Å². The SMILES string of the molecule is CN=C(NCCc1nc2ccccc2[nH]1)NC(C)c1ccc(C)c(F)c1.I. The molecule has 0 fully saturated rings. The Labute approximate surface area is 175 Å². The molecule has 0 saturated carbocycles. The lowest BCUT2D eigenvalue weighted by Crippen LogP contribution is -2.39. The van der Waals surface area contributed by atoms with Crippen LogP contribution in [0.5, 0.6) is 0 Å². The zero-order valence-electron chi connectivity index (χ0n) is 15.7. The first-order chi connectivity index (χ1) is 12.6. The third-order valence-electron chi connectivity index (χ3n) is 4.37. The topological polar surface area (TPSA) is 65.1 Å². The van der Waals surface area contributed by atoms with Crippen LogP contribution >= 0.6 is 24.0 Å². The number of fused-ring (bicyclic) bond motifs is 1. The van der Waals surface area contributed by atoms with E-state index in [4.69, 9.17) is 0 Å². The molecule has 0 bridgehead atoms. The summed E-state index contributed by atoms with van der Waals surface area (Å²) in [7, 11) is 1.72. The number of benzene rings is 2. The van der Waals surface area contributed by atoms with Crippen molar-refractivity contribution in [2.45, 2.75) is 26.3 Å². The minimum Gasteiger partial charge on any atom is -0.356 e. The van der Waals surface area contributed by atoms with Crippen LogP contribution in [0.4, 0.5) is 4.39 Å². The molecule has 1 heterocycles. The van der Waals surface area contributed by atoms with Crippen molar-refractivity contribution in [3.05, 3.63) is 65.2 Å². The summed E-state index contributed by atoms with van der Waals surface area (Å²) in [5, 5.41) is 6.56. The molecule has 1 atom stereocenters. The van der Waals surface area contributed by atoms with Gasteiger partial charge in [-0.25, -0.2) is 9.37 Å². The number of rotatable bonds is 5. The largest absolute Gasteiger partial charge is 0.356 e. The number of hydrogen-bond acceptors (Lipinski definition) is 2. The van der Waals surface area contributed by atoms with Crippen LogP contribution < -0.4 is 10.6 Å². The van der Waals surface area contributed by atoms with Crippen LogP contribution in [0.1, 0.15) is 29.9 Å². The first kappa shape index (κ1) is 21.1. The van der Waals surface area contributed by atoms with E-state index < -0.39 is 0 Å². The Morgan fingerprint density at radius 3 is 2.74 bits per heavy atom. The molecule has 7 heteroatoms. The zero-order chi connectivity index (χ0) is 18.5. The number of para-hydroxylation sites is 2. The molecule has 0 saturated heterocycles. The predicted octanol–water partition coefficient (Wildman–Crippen LogP) is 4.10. The molecular weight excluding hydrogens is 456 g/mol. The van der Waals surface area contributed by atoms with Gasteiger partial charge in [0.15, 0.2) is 5.96 Å². The fourth-order valence-corrected chi connectivity index (χ4v) is 2.78. The number of imidazole rings is 1. The maximum absolute atomic E-state index is 13.8. The lowest BCUT2D eigenvalue weighted by molar-refractivity contribution is 0.607. The smallest absolute Gasteiger partial charge is 0.191 e. The van der Waals surface area contributed by atoms with E-state index in [1.165, 1.54) is 0 Å². The first-order valence-electron chi connectivity index (χ1n) is 8.73. The normalized spacial score (nSPS) is 12.5. The number of nitrogens with zero attached hydrogens (tertiary/aromatic N) is 2. The molecule has 0 aliphatic heterocycles. The van der Waals surface area contributed by atoms with Gasteiger partial charge in [-0.1, -0.05) is 24.3 Å². The van der Waals surface area contributed by atoms with E-state index in [2.05, 4.69) is 25.6 Å². The van der Waals surface area contributed by atoms with Gasteiger partial charge in [0.25, 0.3) is 0 Å². The van der Waals surface area contributed by atoms with Gasteiger partial charge in [0.1, 0.15) is 11.6 Å². The molecule has 0 spiro atoms. The third-order valence-corrected chi connectivity index (χ3v) is 4.37. The highest BCUT2D eigenvalue weighted by molar-refractivity contribution is 14.0. The van der Waals surface area contributed by atoms with E-state index in [0.717, 1.165) is 28.8 Å². The average Bonchev–Trinajstić information content (AvgIpc) is 3.05. The fraction of sp³-hybridized carbons (Fsp3) is 0.300. The highest BCUT2D eigenvalue weighted by Crippen LogP contribution is 2.16. The molecule has 3 N–H and O–H groups in total. The van der Waals surface area contributed by atoms with Crippen molar-refractivity contribution in [1.82, 2.24) is 20.6 Å². The third kappa shape index (κ3) is 5.41. The van der Waals surface area contributed by atoms with Crippen molar-refractivity contribution in [1.29, 1.82) is 0 Å². The Hall–Kier alpha value is -2.16. The second-order valence-electron chi connectivity index (χ2n) is 6.32. The number of guanidine groups is 1. The van der Waals surface area contributed by atoms with Crippen molar-refractivity contribution in [2.75, 3.05) is 13.6 Å². The number of nitrogens with one attached hydrogen (secondary N) is 3. The molecular formula is C20H25FIN5. The Morgan fingerprint density at radius 1 is 1.26 bits per heavy atom. The van der Waals surface area contributed by atoms with Crippen LogP contribution in [0.3, 0.4) is 0 Å². The van der Waals surface area contributed by atoms with Gasteiger partial charge in [-0.15, -0.1) is 24.0 Å². The number of aromatic amines is 1. The molecule has 5 nitrogen and oxygen atoms in total. The summed E-state index contributed by atoms with van der Waals surface area (Å²) in [5.41, 5.74) is 3.54. The van der Waals surface area contributed by atoms with Crippen molar-refractivity contribution in [3.63, 3.8) is 0 Å². The van der Waals surface area contributed by atoms with Gasteiger partial charge in [0.2, 0.25) is 0 Å². The van der Waals surface area contributed by atoms with Crippen LogP contribution in [0.25, 0.3) is 11.0 Å². The Bertz CT molecular complexity index is 889. The van der Waals surface area contributed by atoms with Crippen molar-refractivity contribution in [3.8, 4) is 0 Å². The van der Waals surface area contributed by atoms with Crippen LogP contribution in [0.15, 0.2) is 47.5 Å². The Morgan fingerprint density at radius 2 is 2.04 bits per heavy atom. The second kappa shape index (κ2) is 9.68. The lowest BCUT2D eigenvalue weighted by atomic mass is 10.1.